The molecule has 1 fully saturated rings. The highest BCUT2D eigenvalue weighted by atomic mass is 16.1. The lowest BCUT2D eigenvalue weighted by Gasteiger charge is -2.28. The Morgan fingerprint density at radius 2 is 1.92 bits per heavy atom. The SMILES string of the molecule is CC(=O)C1CCC(C=O)CC1C=O. The van der Waals surface area contributed by atoms with Crippen LogP contribution in [0.2, 0.25) is 0 Å². The van der Waals surface area contributed by atoms with Crippen LogP contribution in [0.25, 0.3) is 0 Å². The van der Waals surface area contributed by atoms with Crippen molar-refractivity contribution < 1.29 is 14.4 Å². The quantitative estimate of drug-likeness (QED) is 0.612. The highest BCUT2D eigenvalue weighted by Gasteiger charge is 2.32. The van der Waals surface area contributed by atoms with Crippen LogP contribution < -0.4 is 0 Å². The van der Waals surface area contributed by atoms with Crippen LogP contribution in [0.5, 0.6) is 0 Å². The van der Waals surface area contributed by atoms with Gasteiger partial charge in [0.25, 0.3) is 0 Å². The molecular formula is C10H14O3. The maximum absolute atomic E-state index is 11.1. The first-order valence-electron chi connectivity index (χ1n) is 4.60. The maximum Gasteiger partial charge on any atom is 0.133 e. The first-order valence-corrected chi connectivity index (χ1v) is 4.60. The molecule has 0 amide bonds. The predicted molar refractivity (Wildman–Crippen MR) is 47.1 cm³/mol. The maximum atomic E-state index is 11.1. The first kappa shape index (κ1) is 10.1. The summed E-state index contributed by atoms with van der Waals surface area (Å²) in [6, 6.07) is 0. The van der Waals surface area contributed by atoms with Crippen LogP contribution in [0.3, 0.4) is 0 Å². The molecule has 0 aromatic carbocycles. The van der Waals surface area contributed by atoms with Crippen molar-refractivity contribution in [2.75, 3.05) is 0 Å². The van der Waals surface area contributed by atoms with Crippen molar-refractivity contribution >= 4 is 18.4 Å². The van der Waals surface area contributed by atoms with E-state index in [4.69, 9.17) is 0 Å². The van der Waals surface area contributed by atoms with Gasteiger partial charge in [0.15, 0.2) is 0 Å². The van der Waals surface area contributed by atoms with Gasteiger partial charge in [-0.1, -0.05) is 0 Å². The molecule has 3 nitrogen and oxygen atoms in total. The van der Waals surface area contributed by atoms with Crippen LogP contribution >= 0.6 is 0 Å². The summed E-state index contributed by atoms with van der Waals surface area (Å²) >= 11 is 0. The Balaban J connectivity index is 2.65. The number of Topliss-reactive ketones (excluding diaryl/α,β-unsaturated/α-hetero) is 1. The highest BCUT2D eigenvalue weighted by molar-refractivity contribution is 5.82. The molecule has 0 radical (unpaired) electrons. The zero-order chi connectivity index (χ0) is 9.84. The summed E-state index contributed by atoms with van der Waals surface area (Å²) in [7, 11) is 0. The standard InChI is InChI=1S/C10H14O3/c1-7(13)10-3-2-8(5-11)4-9(10)6-12/h5-6,8-10H,2-4H2,1H3. The number of rotatable bonds is 3. The fourth-order valence-corrected chi connectivity index (χ4v) is 2.02. The summed E-state index contributed by atoms with van der Waals surface area (Å²) in [5.74, 6) is -0.331. The van der Waals surface area contributed by atoms with Crippen LogP contribution in [0.1, 0.15) is 26.2 Å². The molecule has 0 aliphatic heterocycles. The van der Waals surface area contributed by atoms with Gasteiger partial charge in [-0.05, 0) is 26.2 Å². The van der Waals surface area contributed by atoms with Gasteiger partial charge >= 0.3 is 0 Å². The zero-order valence-corrected chi connectivity index (χ0v) is 7.73. The monoisotopic (exact) mass is 182 g/mol. The topological polar surface area (TPSA) is 51.2 Å². The van der Waals surface area contributed by atoms with Crippen molar-refractivity contribution in [2.24, 2.45) is 17.8 Å². The predicted octanol–water partition coefficient (Wildman–Crippen LogP) is 1.01. The molecule has 3 heteroatoms. The summed E-state index contributed by atoms with van der Waals surface area (Å²) in [5, 5.41) is 0. The number of hydrogen-bond donors (Lipinski definition) is 0. The molecule has 0 spiro atoms. The second kappa shape index (κ2) is 4.30. The lowest BCUT2D eigenvalue weighted by molar-refractivity contribution is -0.129. The molecular weight excluding hydrogens is 168 g/mol. The molecule has 3 unspecified atom stereocenters. The summed E-state index contributed by atoms with van der Waals surface area (Å²) in [4.78, 5) is 32.3. The third-order valence-corrected chi connectivity index (χ3v) is 2.83. The van der Waals surface area contributed by atoms with Gasteiger partial charge in [0, 0.05) is 17.8 Å². The minimum Gasteiger partial charge on any atom is -0.303 e. The normalized spacial score (nSPS) is 33.8. The summed E-state index contributed by atoms with van der Waals surface area (Å²) in [5.41, 5.74) is 0. The fourth-order valence-electron chi connectivity index (χ4n) is 2.02. The van der Waals surface area contributed by atoms with Gasteiger partial charge in [-0.25, -0.2) is 0 Å². The van der Waals surface area contributed by atoms with E-state index in [1.807, 2.05) is 0 Å². The van der Waals surface area contributed by atoms with Gasteiger partial charge in [-0.15, -0.1) is 0 Å². The molecule has 1 aliphatic rings. The Labute approximate surface area is 77.5 Å². The number of ketones is 1. The highest BCUT2D eigenvalue weighted by Crippen LogP contribution is 2.32. The van der Waals surface area contributed by atoms with Crippen LogP contribution in [-0.2, 0) is 14.4 Å². The average molecular weight is 182 g/mol. The van der Waals surface area contributed by atoms with Crippen molar-refractivity contribution in [3.05, 3.63) is 0 Å². The Morgan fingerprint density at radius 3 is 2.38 bits per heavy atom. The Hall–Kier alpha value is -0.990. The first-order chi connectivity index (χ1) is 6.19. The number of carbonyl (C=O) groups is 3. The molecule has 0 heterocycles. The van der Waals surface area contributed by atoms with E-state index in [1.54, 1.807) is 0 Å². The molecule has 3 atom stereocenters. The molecule has 1 saturated carbocycles. The van der Waals surface area contributed by atoms with E-state index in [1.165, 1.54) is 6.92 Å². The van der Waals surface area contributed by atoms with Gasteiger partial charge in [0.05, 0.1) is 0 Å². The van der Waals surface area contributed by atoms with Gasteiger partial charge < -0.3 is 9.59 Å². The summed E-state index contributed by atoms with van der Waals surface area (Å²) in [6.45, 7) is 1.52. The van der Waals surface area contributed by atoms with Crippen LogP contribution in [-0.4, -0.2) is 18.4 Å². The molecule has 72 valence electrons. The lowest BCUT2D eigenvalue weighted by Crippen LogP contribution is -2.30. The van der Waals surface area contributed by atoms with Gasteiger partial charge in [-0.3, -0.25) is 4.79 Å². The zero-order valence-electron chi connectivity index (χ0n) is 7.73. The Kier molecular flexibility index (Phi) is 3.34. The third kappa shape index (κ3) is 2.23. The van der Waals surface area contributed by atoms with Crippen LogP contribution in [0, 0.1) is 17.8 Å². The largest absolute Gasteiger partial charge is 0.303 e. The third-order valence-electron chi connectivity index (χ3n) is 2.83. The van der Waals surface area contributed by atoms with E-state index in [2.05, 4.69) is 0 Å². The average Bonchev–Trinajstić information content (AvgIpc) is 2.16. The summed E-state index contributed by atoms with van der Waals surface area (Å²) < 4.78 is 0. The minimum absolute atomic E-state index is 0.0224. The van der Waals surface area contributed by atoms with Crippen molar-refractivity contribution in [3.8, 4) is 0 Å². The van der Waals surface area contributed by atoms with E-state index in [0.717, 1.165) is 19.0 Å². The molecule has 0 aromatic heterocycles. The fraction of sp³-hybridized carbons (Fsp3) is 0.700. The number of hydrogen-bond acceptors (Lipinski definition) is 3. The van der Waals surface area contributed by atoms with Crippen LogP contribution in [0.15, 0.2) is 0 Å². The molecule has 0 bridgehead atoms. The van der Waals surface area contributed by atoms with Crippen LogP contribution in [0.4, 0.5) is 0 Å². The van der Waals surface area contributed by atoms with Crippen molar-refractivity contribution in [3.63, 3.8) is 0 Å². The molecule has 1 aliphatic carbocycles. The minimum atomic E-state index is -0.235. The van der Waals surface area contributed by atoms with Crippen molar-refractivity contribution in [1.82, 2.24) is 0 Å². The summed E-state index contributed by atoms with van der Waals surface area (Å²) in [6.07, 6.45) is 3.70. The van der Waals surface area contributed by atoms with Crippen molar-refractivity contribution in [1.29, 1.82) is 0 Å². The number of aldehydes is 2. The van der Waals surface area contributed by atoms with Gasteiger partial charge in [0.1, 0.15) is 18.4 Å². The van der Waals surface area contributed by atoms with E-state index in [-0.39, 0.29) is 23.5 Å². The van der Waals surface area contributed by atoms with E-state index in [9.17, 15) is 14.4 Å². The molecule has 1 rings (SSSR count). The molecule has 0 saturated heterocycles. The van der Waals surface area contributed by atoms with E-state index in [0.29, 0.717) is 12.8 Å². The molecule has 13 heavy (non-hydrogen) atoms. The van der Waals surface area contributed by atoms with Crippen molar-refractivity contribution in [2.45, 2.75) is 26.2 Å². The Bertz CT molecular complexity index is 222. The number of carbonyl (C=O) groups excluding carboxylic acids is 3. The smallest absolute Gasteiger partial charge is 0.133 e. The Morgan fingerprint density at radius 1 is 1.23 bits per heavy atom. The van der Waals surface area contributed by atoms with E-state index >= 15 is 0 Å². The van der Waals surface area contributed by atoms with Gasteiger partial charge in [-0.2, -0.15) is 0 Å². The second-order valence-corrected chi connectivity index (χ2v) is 3.73. The van der Waals surface area contributed by atoms with E-state index < -0.39 is 0 Å². The van der Waals surface area contributed by atoms with Gasteiger partial charge in [0.2, 0.25) is 0 Å². The lowest BCUT2D eigenvalue weighted by atomic mass is 9.73. The molecule has 0 aromatic rings. The molecule has 0 N–H and O–H groups in total. The second-order valence-electron chi connectivity index (χ2n) is 3.73.